The van der Waals surface area contributed by atoms with Crippen molar-refractivity contribution in [2.75, 3.05) is 6.61 Å². The van der Waals surface area contributed by atoms with Gasteiger partial charge in [-0.15, -0.1) is 0 Å². The number of esters is 1. The Morgan fingerprint density at radius 2 is 1.87 bits per heavy atom. The number of carbonyl (C=O) groups is 2. The summed E-state index contributed by atoms with van der Waals surface area (Å²) in [5, 5.41) is 3.70. The fourth-order valence-electron chi connectivity index (χ4n) is 2.16. The van der Waals surface area contributed by atoms with Crippen molar-refractivity contribution < 1.29 is 23.6 Å². The number of rotatable bonds is 6. The first kappa shape index (κ1) is 16.7. The van der Waals surface area contributed by atoms with Crippen LogP contribution in [-0.2, 0) is 4.74 Å². The van der Waals surface area contributed by atoms with Crippen LogP contribution in [-0.4, -0.2) is 29.6 Å². The minimum Gasteiger partial charge on any atom is -0.494 e. The predicted molar refractivity (Wildman–Crippen MR) is 82.8 cm³/mol. The van der Waals surface area contributed by atoms with Gasteiger partial charge < -0.3 is 14.0 Å². The molecule has 2 rings (SSSR count). The van der Waals surface area contributed by atoms with Crippen molar-refractivity contribution >= 4 is 11.8 Å². The van der Waals surface area contributed by atoms with Crippen molar-refractivity contribution in [2.45, 2.75) is 33.8 Å². The molecular formula is C17H19NO5. The molecule has 0 saturated carbocycles. The maximum atomic E-state index is 12.3. The Hall–Kier alpha value is -2.63. The van der Waals surface area contributed by atoms with E-state index in [1.54, 1.807) is 38.1 Å². The lowest BCUT2D eigenvalue weighted by molar-refractivity contribution is 0.0316. The van der Waals surface area contributed by atoms with E-state index in [0.29, 0.717) is 29.4 Å². The number of Topliss-reactive ketones (excluding diaryl/α,β-unsaturated/α-hetero) is 1. The van der Waals surface area contributed by atoms with Gasteiger partial charge in [-0.25, -0.2) is 4.79 Å². The lowest BCUT2D eigenvalue weighted by atomic mass is 10.1. The summed E-state index contributed by atoms with van der Waals surface area (Å²) in [6.45, 7) is 7.24. The average Bonchev–Trinajstić information content (AvgIpc) is 2.86. The Kier molecular flexibility index (Phi) is 5.16. The van der Waals surface area contributed by atoms with Gasteiger partial charge in [0.2, 0.25) is 5.78 Å². The summed E-state index contributed by atoms with van der Waals surface area (Å²) in [6.07, 6.45) is -0.908. The van der Waals surface area contributed by atoms with Crippen LogP contribution in [0.15, 0.2) is 28.8 Å². The number of aryl methyl sites for hydroxylation is 2. The number of hydrogen-bond acceptors (Lipinski definition) is 6. The number of nitrogens with zero attached hydrogens (tertiary/aromatic N) is 1. The van der Waals surface area contributed by atoms with E-state index >= 15 is 0 Å². The standard InChI is InChI=1S/C17H19NO5/c1-5-21-14-8-6-13(7-9-14)16(19)12(4)22-17(20)15-10(2)18-23-11(15)3/h6-9,12H,5H2,1-4H3. The highest BCUT2D eigenvalue weighted by molar-refractivity contribution is 6.01. The zero-order chi connectivity index (χ0) is 17.0. The molecule has 0 radical (unpaired) electrons. The molecule has 1 unspecified atom stereocenters. The third-order valence-electron chi connectivity index (χ3n) is 3.34. The van der Waals surface area contributed by atoms with Crippen molar-refractivity contribution in [3.05, 3.63) is 46.8 Å². The molecular weight excluding hydrogens is 298 g/mol. The second-order valence-corrected chi connectivity index (χ2v) is 5.07. The van der Waals surface area contributed by atoms with Gasteiger partial charge in [-0.3, -0.25) is 4.79 Å². The minimum absolute atomic E-state index is 0.261. The lowest BCUT2D eigenvalue weighted by Crippen LogP contribution is -2.24. The van der Waals surface area contributed by atoms with Gasteiger partial charge in [-0.2, -0.15) is 0 Å². The summed E-state index contributed by atoms with van der Waals surface area (Å²) in [6, 6.07) is 6.71. The fourth-order valence-corrected chi connectivity index (χ4v) is 2.16. The van der Waals surface area contributed by atoms with Crippen molar-refractivity contribution in [3.63, 3.8) is 0 Å². The highest BCUT2D eigenvalue weighted by atomic mass is 16.5. The van der Waals surface area contributed by atoms with Crippen molar-refractivity contribution in [1.82, 2.24) is 5.16 Å². The maximum absolute atomic E-state index is 12.3. The van der Waals surface area contributed by atoms with Crippen LogP contribution in [0, 0.1) is 13.8 Å². The first-order chi connectivity index (χ1) is 10.9. The Balaban J connectivity index is 2.06. The molecule has 6 heteroatoms. The van der Waals surface area contributed by atoms with Crippen LogP contribution >= 0.6 is 0 Å². The SMILES string of the molecule is CCOc1ccc(C(=O)C(C)OC(=O)c2c(C)noc2C)cc1. The molecule has 0 aliphatic heterocycles. The number of benzene rings is 1. The summed E-state index contributed by atoms with van der Waals surface area (Å²) in [7, 11) is 0. The highest BCUT2D eigenvalue weighted by Gasteiger charge is 2.24. The van der Waals surface area contributed by atoms with Crippen LogP contribution in [0.4, 0.5) is 0 Å². The molecule has 0 amide bonds. The number of ketones is 1. The summed E-state index contributed by atoms with van der Waals surface area (Å²) < 4.78 is 15.5. The molecule has 0 saturated heterocycles. The summed E-state index contributed by atoms with van der Waals surface area (Å²) in [4.78, 5) is 24.5. The second kappa shape index (κ2) is 7.09. The summed E-state index contributed by atoms with van der Waals surface area (Å²) in [5.41, 5.74) is 1.15. The predicted octanol–water partition coefficient (Wildman–Crippen LogP) is 3.12. The summed E-state index contributed by atoms with van der Waals surface area (Å²) in [5.74, 6) is 0.152. The van der Waals surface area contributed by atoms with Crippen molar-refractivity contribution in [1.29, 1.82) is 0 Å². The van der Waals surface area contributed by atoms with E-state index in [0.717, 1.165) is 0 Å². The Morgan fingerprint density at radius 1 is 1.22 bits per heavy atom. The second-order valence-electron chi connectivity index (χ2n) is 5.07. The van der Waals surface area contributed by atoms with E-state index in [4.69, 9.17) is 14.0 Å². The van der Waals surface area contributed by atoms with Gasteiger partial charge in [-0.1, -0.05) is 5.16 Å². The van der Waals surface area contributed by atoms with E-state index in [1.165, 1.54) is 6.92 Å². The monoisotopic (exact) mass is 317 g/mol. The van der Waals surface area contributed by atoms with Gasteiger partial charge in [0.15, 0.2) is 6.10 Å². The van der Waals surface area contributed by atoms with Crippen molar-refractivity contribution in [2.24, 2.45) is 0 Å². The molecule has 6 nitrogen and oxygen atoms in total. The van der Waals surface area contributed by atoms with E-state index in [-0.39, 0.29) is 11.3 Å². The van der Waals surface area contributed by atoms with Crippen LogP contribution in [0.5, 0.6) is 5.75 Å². The first-order valence-corrected chi connectivity index (χ1v) is 7.35. The zero-order valence-electron chi connectivity index (χ0n) is 13.6. The van der Waals surface area contributed by atoms with Crippen LogP contribution in [0.3, 0.4) is 0 Å². The van der Waals surface area contributed by atoms with Gasteiger partial charge in [0.05, 0.1) is 12.3 Å². The third kappa shape index (κ3) is 3.77. The topological polar surface area (TPSA) is 78.6 Å². The highest BCUT2D eigenvalue weighted by Crippen LogP contribution is 2.17. The number of ether oxygens (including phenoxy) is 2. The van der Waals surface area contributed by atoms with Gasteiger partial charge in [-0.05, 0) is 52.0 Å². The maximum Gasteiger partial charge on any atom is 0.344 e. The molecule has 1 aromatic carbocycles. The van der Waals surface area contributed by atoms with Crippen LogP contribution in [0.2, 0.25) is 0 Å². The number of aromatic nitrogens is 1. The zero-order valence-corrected chi connectivity index (χ0v) is 13.6. The molecule has 2 aromatic rings. The quantitative estimate of drug-likeness (QED) is 0.601. The lowest BCUT2D eigenvalue weighted by Gasteiger charge is -2.12. The fraction of sp³-hybridized carbons (Fsp3) is 0.353. The van der Waals surface area contributed by atoms with Crippen LogP contribution < -0.4 is 4.74 Å². The molecule has 23 heavy (non-hydrogen) atoms. The van der Waals surface area contributed by atoms with Crippen LogP contribution in [0.25, 0.3) is 0 Å². The van der Waals surface area contributed by atoms with Crippen molar-refractivity contribution in [3.8, 4) is 5.75 Å². The van der Waals surface area contributed by atoms with E-state index < -0.39 is 12.1 Å². The molecule has 0 fully saturated rings. The molecule has 0 aliphatic carbocycles. The minimum atomic E-state index is -0.908. The average molecular weight is 317 g/mol. The molecule has 122 valence electrons. The van der Waals surface area contributed by atoms with Gasteiger partial charge in [0.1, 0.15) is 17.1 Å². The normalized spacial score (nSPS) is 11.8. The van der Waals surface area contributed by atoms with Gasteiger partial charge in [0.25, 0.3) is 0 Å². The molecule has 0 bridgehead atoms. The van der Waals surface area contributed by atoms with E-state index in [9.17, 15) is 9.59 Å². The molecule has 0 aliphatic rings. The molecule has 1 atom stereocenters. The number of carbonyl (C=O) groups excluding carboxylic acids is 2. The van der Waals surface area contributed by atoms with E-state index in [2.05, 4.69) is 5.16 Å². The molecule has 0 spiro atoms. The molecule has 1 aromatic heterocycles. The molecule has 1 heterocycles. The Labute approximate surface area is 134 Å². The Bertz CT molecular complexity index is 683. The largest absolute Gasteiger partial charge is 0.494 e. The third-order valence-corrected chi connectivity index (χ3v) is 3.34. The van der Waals surface area contributed by atoms with Gasteiger partial charge >= 0.3 is 5.97 Å². The summed E-state index contributed by atoms with van der Waals surface area (Å²) >= 11 is 0. The number of hydrogen-bond donors (Lipinski definition) is 0. The van der Waals surface area contributed by atoms with Gasteiger partial charge in [0, 0.05) is 5.56 Å². The van der Waals surface area contributed by atoms with E-state index in [1.807, 2.05) is 6.92 Å². The van der Waals surface area contributed by atoms with Crippen LogP contribution in [0.1, 0.15) is 46.0 Å². The Morgan fingerprint density at radius 3 is 2.39 bits per heavy atom. The smallest absolute Gasteiger partial charge is 0.344 e. The molecule has 0 N–H and O–H groups in total. The first-order valence-electron chi connectivity index (χ1n) is 7.35.